The molecule has 0 spiro atoms. The Labute approximate surface area is 801 Å². The van der Waals surface area contributed by atoms with Crippen LogP contribution in [0.1, 0.15) is 101 Å². The number of nitrogens with one attached hydrogen (secondary N) is 5. The van der Waals surface area contributed by atoms with E-state index in [1.807, 2.05) is 0 Å². The van der Waals surface area contributed by atoms with Crippen molar-refractivity contribution in [3.63, 3.8) is 0 Å². The van der Waals surface area contributed by atoms with Gasteiger partial charge in [-0.2, -0.15) is 0 Å². The van der Waals surface area contributed by atoms with E-state index in [4.69, 9.17) is 76.8 Å². The summed E-state index contributed by atoms with van der Waals surface area (Å²) in [4.78, 5) is 179. The molecule has 17 atom stereocenters. The van der Waals surface area contributed by atoms with Gasteiger partial charge in [0.05, 0.1) is 134 Å². The van der Waals surface area contributed by atoms with Crippen molar-refractivity contribution in [1.29, 1.82) is 0 Å². The Morgan fingerprint density at radius 1 is 0.543 bits per heavy atom. The highest BCUT2D eigenvalue weighted by atomic mass is 16.7. The van der Waals surface area contributed by atoms with Gasteiger partial charge in [0.2, 0.25) is 24.0 Å². The molecular weight excluding hydrogens is 1860 g/mol. The number of anilines is 3. The van der Waals surface area contributed by atoms with Gasteiger partial charge in [-0.15, -0.1) is 0 Å². The van der Waals surface area contributed by atoms with Crippen molar-refractivity contribution in [3.8, 4) is 28.7 Å². The molecule has 7 aliphatic heterocycles. The summed E-state index contributed by atoms with van der Waals surface area (Å²) in [7, 11) is 2.66. The van der Waals surface area contributed by atoms with Gasteiger partial charge in [-0.1, -0.05) is 56.4 Å². The largest absolute Gasteiger partial charge is 0.493 e. The van der Waals surface area contributed by atoms with Crippen molar-refractivity contribution in [3.05, 3.63) is 131 Å². The molecule has 0 aliphatic carbocycles. The van der Waals surface area contributed by atoms with Gasteiger partial charge in [-0.3, -0.25) is 43.3 Å². The molecule has 0 aromatic heterocycles. The maximum absolute atomic E-state index is 15.1. The van der Waals surface area contributed by atoms with Crippen LogP contribution in [0.15, 0.2) is 103 Å². The lowest BCUT2D eigenvalue weighted by Crippen LogP contribution is -2.61. The molecule has 11 rings (SSSR count). The molecule has 49 nitrogen and oxygen atoms in total. The van der Waals surface area contributed by atoms with E-state index in [1.165, 1.54) is 90.7 Å². The van der Waals surface area contributed by atoms with Crippen molar-refractivity contribution in [2.24, 2.45) is 11.7 Å². The minimum atomic E-state index is -2.13. The van der Waals surface area contributed by atoms with E-state index >= 15 is 4.79 Å². The Bertz CT molecular complexity index is 5140. The van der Waals surface area contributed by atoms with Crippen LogP contribution >= 0.6 is 0 Å². The lowest BCUT2D eigenvalue weighted by molar-refractivity contribution is -0.294. The van der Waals surface area contributed by atoms with Crippen molar-refractivity contribution < 1.29 is 184 Å². The van der Waals surface area contributed by atoms with E-state index in [0.29, 0.717) is 36.0 Å². The van der Waals surface area contributed by atoms with Crippen LogP contribution < -0.4 is 65.8 Å². The highest BCUT2D eigenvalue weighted by Gasteiger charge is 2.52. The van der Waals surface area contributed by atoms with Crippen LogP contribution in [0.4, 0.5) is 31.4 Å². The molecule has 140 heavy (non-hydrogen) atoms. The van der Waals surface area contributed by atoms with E-state index in [-0.39, 0.29) is 193 Å². The molecule has 0 unspecified atom stereocenters. The van der Waals surface area contributed by atoms with E-state index in [1.54, 1.807) is 13.8 Å². The second-order valence-corrected chi connectivity index (χ2v) is 33.6. The molecule has 0 bridgehead atoms. The molecule has 11 amide bonds. The van der Waals surface area contributed by atoms with Gasteiger partial charge in [0.25, 0.3) is 29.5 Å². The number of aliphatic hydroxyl groups excluding tert-OH is 8. The first-order valence-electron chi connectivity index (χ1n) is 44.9. The summed E-state index contributed by atoms with van der Waals surface area (Å²) in [5.74, 6) is -9.38. The lowest BCUT2D eigenvalue weighted by Gasteiger charge is -2.38. The molecular formula is C91H117N11O38. The van der Waals surface area contributed by atoms with Crippen LogP contribution in [0, 0.1) is 5.92 Å². The number of rotatable bonds is 48. The quantitative estimate of drug-likeness (QED) is 0.0106. The first-order valence-corrected chi connectivity index (χ1v) is 44.9. The zero-order chi connectivity index (χ0) is 101. The minimum Gasteiger partial charge on any atom is -0.493 e. The second-order valence-electron chi connectivity index (χ2n) is 33.6. The number of carboxylic acids is 2. The number of carbonyl (C=O) groups excluding carboxylic acids is 11. The number of carbonyl (C=O) groups is 13. The Morgan fingerprint density at radius 2 is 1.04 bits per heavy atom. The summed E-state index contributed by atoms with van der Waals surface area (Å²) in [5.41, 5.74) is 6.35. The average molecular weight is 1970 g/mol. The van der Waals surface area contributed by atoms with Crippen LogP contribution in [0.25, 0.3) is 0 Å². The van der Waals surface area contributed by atoms with Crippen LogP contribution in [0.2, 0.25) is 0 Å². The number of aliphatic hydroxyl groups is 8. The van der Waals surface area contributed by atoms with Crippen molar-refractivity contribution in [2.45, 2.75) is 177 Å². The van der Waals surface area contributed by atoms with Gasteiger partial charge in [-0.25, -0.2) is 33.8 Å². The predicted molar refractivity (Wildman–Crippen MR) is 480 cm³/mol. The Balaban J connectivity index is 0.732. The maximum atomic E-state index is 15.1. The van der Waals surface area contributed by atoms with Crippen LogP contribution in [-0.4, -0.2) is 374 Å². The molecule has 4 fully saturated rings. The molecule has 7 aliphatic rings. The topological polar surface area (TPSA) is 665 Å². The summed E-state index contributed by atoms with van der Waals surface area (Å²) in [5, 5.41) is 119. The van der Waals surface area contributed by atoms with Crippen LogP contribution in [-0.2, 0) is 94.1 Å². The van der Waals surface area contributed by atoms with Crippen molar-refractivity contribution in [1.82, 2.24) is 36.0 Å². The van der Waals surface area contributed by atoms with Gasteiger partial charge in [-0.05, 0) is 80.0 Å². The number of unbranched alkanes of at least 4 members (excludes halogenated alkanes) is 2. The van der Waals surface area contributed by atoms with Gasteiger partial charge < -0.3 is 164 Å². The number of carboxylic acid groups (broad SMARTS) is 2. The number of fused-ring (bicyclic) bond motifs is 4. The maximum Gasteiger partial charge on any atom is 0.416 e. The smallest absolute Gasteiger partial charge is 0.416 e. The number of methoxy groups -OCH3 is 2. The number of amides is 11. The molecule has 49 heteroatoms. The number of hydrogen-bond donors (Lipinski definition) is 16. The molecule has 0 radical (unpaired) electrons. The van der Waals surface area contributed by atoms with Crippen LogP contribution in [0.3, 0.4) is 0 Å². The fraction of sp³-hybridized carbons (Fsp3) is 0.527. The third-order valence-corrected chi connectivity index (χ3v) is 23.4. The van der Waals surface area contributed by atoms with Gasteiger partial charge in [0.15, 0.2) is 54.0 Å². The second kappa shape index (κ2) is 50.3. The fourth-order valence-corrected chi connectivity index (χ4v) is 16.1. The number of ether oxygens (including phenoxy) is 15. The third-order valence-electron chi connectivity index (χ3n) is 23.4. The summed E-state index contributed by atoms with van der Waals surface area (Å²) < 4.78 is 85.0. The zero-order valence-corrected chi connectivity index (χ0v) is 77.2. The highest BCUT2D eigenvalue weighted by molar-refractivity contribution is 6.13. The summed E-state index contributed by atoms with van der Waals surface area (Å²) in [6.45, 7) is 11.0. The van der Waals surface area contributed by atoms with Gasteiger partial charge in [0, 0.05) is 87.2 Å². The first kappa shape index (κ1) is 108. The van der Waals surface area contributed by atoms with E-state index in [0.717, 1.165) is 33.8 Å². The summed E-state index contributed by atoms with van der Waals surface area (Å²) >= 11 is 0. The monoisotopic (exact) mass is 1970 g/mol. The average Bonchev–Trinajstić information content (AvgIpc) is 1.60. The number of benzene rings is 4. The molecule has 4 saturated heterocycles. The lowest BCUT2D eigenvalue weighted by atomic mass is 9.99. The fourth-order valence-electron chi connectivity index (χ4n) is 16.1. The normalized spacial score (nSPS) is 23.2. The highest BCUT2D eigenvalue weighted by Crippen LogP contribution is 2.45. The summed E-state index contributed by atoms with van der Waals surface area (Å²) in [6.07, 6.45) is -22.7. The standard InChI is InChI=1S/C91H117N11O38/c1-46(2)69(95-49(5)103)80(114)97-58(45-135-87-74(110)70(106)72(108)76(139-87)85(119)120)79(113)96-52-14-13-51(55(35-52)78(112)93-20-25-128-27-29-130-31-32-131-30-28-129-26-21-94-89(123)134-24-19-53(40-92)100-67(104)17-18-68(100)105)44-137-91(125)102-60-39-66(64(127-7)37-57(60)82(116)99-42-48(4)34-62(99)84(102)118)133-23-10-8-9-22-132-65-38-59-56(36-63(65)126-6)81(115)98-41-47(3)33-61(98)83(117)101(59)90(124)136-43-50-11-15-54(16-12-50)138-88-75(111)71(107)73(109)77(140-88)86(121)122/h11-18,35-39,46,53,58,61-62,69-77,83-84,87-88,106-111,117-118H,3-4,8-10,19-34,40-45,92H2,1-2,5-7H3,(H,93,112)(H,94,123)(H,95,103)(H,96,113)(H,97,114)(H,119,120)(H,121,122)/t53-,58+,61+,62+,69+,70+,71+,72+,73+,74-,75-,76+,77+,83+,84+,87-,88-/m1/s1. The molecule has 7 heterocycles. The number of nitrogens with two attached hydrogens (primary N) is 1. The van der Waals surface area contributed by atoms with Crippen molar-refractivity contribution >= 4 is 94.5 Å². The number of hydrogen-bond acceptors (Lipinski definition) is 37. The number of aliphatic carboxylic acids is 2. The number of imide groups is 1. The minimum absolute atomic E-state index is 0.00421. The number of alkyl carbamates (subject to hydrolysis) is 1. The van der Waals surface area contributed by atoms with Gasteiger partial charge in [0.1, 0.15) is 67.7 Å². The SMILES string of the molecule is C=C1C[C@H]2[C@H](O)N(C(=O)OCc3ccc(O[C@@H]4O[C@H](C(=O)O)[C@@H](O)[C@H](O)[C@H]4O)cc3)c3cc(OCCCCCOc4cc5c(cc4OC)C(=O)N4CC(=C)C[C@H]4[C@H](O)N5C(=O)OCc4ccc(NC(=O)[C@H](CO[C@@H]5O[C@H](C(=O)O)[C@@H](O)[C@H](O)[C@H]5O)NC(=O)[C@@H](NC(C)=O)C(C)C)cc4C(=O)NCCOCCOCCOCCOCCNC(=O)OCC[C@H](CN)N4C(=O)C=CC4=O)c(OC)cc3C(=O)N2C1. The molecule has 4 aromatic rings. The third kappa shape index (κ3) is 27.0. The molecule has 764 valence electrons. The number of nitrogens with zero attached hydrogens (tertiary/aromatic N) is 5. The Kier molecular flexibility index (Phi) is 38.7. The summed E-state index contributed by atoms with van der Waals surface area (Å²) in [6, 6.07) is 9.04. The zero-order valence-electron chi connectivity index (χ0n) is 77.2. The molecule has 0 saturated carbocycles. The molecule has 4 aromatic carbocycles. The predicted octanol–water partition coefficient (Wildman–Crippen LogP) is -1.25. The van der Waals surface area contributed by atoms with E-state index < -0.39 is 207 Å². The van der Waals surface area contributed by atoms with Gasteiger partial charge >= 0.3 is 30.2 Å². The van der Waals surface area contributed by atoms with Crippen molar-refractivity contribution in [2.75, 3.05) is 141 Å². The van der Waals surface area contributed by atoms with E-state index in [9.17, 15) is 109 Å². The Hall–Kier alpha value is -12.8. The Morgan fingerprint density at radius 3 is 1.53 bits per heavy atom. The van der Waals surface area contributed by atoms with E-state index in [2.05, 4.69) is 39.7 Å². The first-order chi connectivity index (χ1) is 66.9. The molecule has 17 N–H and O–H groups in total. The van der Waals surface area contributed by atoms with Crippen LogP contribution in [0.5, 0.6) is 28.7 Å².